The number of hydrogen-bond donors (Lipinski definition) is 1. The lowest BCUT2D eigenvalue weighted by Gasteiger charge is -2.24. The van der Waals surface area contributed by atoms with Crippen LogP contribution in [-0.2, 0) is 0 Å². The molecule has 4 nitrogen and oxygen atoms in total. The van der Waals surface area contributed by atoms with Crippen molar-refractivity contribution in [2.45, 2.75) is 26.3 Å². The Balaban J connectivity index is 1.62. The fourth-order valence-corrected chi connectivity index (χ4v) is 3.65. The van der Waals surface area contributed by atoms with E-state index in [2.05, 4.69) is 60.6 Å². The first kappa shape index (κ1) is 19.9. The fraction of sp³-hybridized carbons (Fsp3) is 0.231. The molecule has 0 spiro atoms. The minimum Gasteiger partial charge on any atom is -0.352 e. The van der Waals surface area contributed by atoms with E-state index >= 15 is 0 Å². The number of amides is 1. The molecule has 1 unspecified atom stereocenters. The van der Waals surface area contributed by atoms with Crippen molar-refractivity contribution in [1.82, 2.24) is 5.32 Å². The third-order valence-electron chi connectivity index (χ3n) is 5.27. The van der Waals surface area contributed by atoms with Crippen molar-refractivity contribution < 1.29 is 4.79 Å². The molecule has 152 valence electrons. The number of hydrazone groups is 1. The number of rotatable bonds is 6. The van der Waals surface area contributed by atoms with Crippen molar-refractivity contribution in [3.8, 4) is 0 Å². The summed E-state index contributed by atoms with van der Waals surface area (Å²) in [5, 5.41) is 10.0. The minimum atomic E-state index is -0.0373. The molecule has 30 heavy (non-hydrogen) atoms. The fourth-order valence-electron chi connectivity index (χ4n) is 3.65. The smallest absolute Gasteiger partial charge is 0.251 e. The van der Waals surface area contributed by atoms with Gasteiger partial charge in [0.25, 0.3) is 5.91 Å². The molecule has 4 rings (SSSR count). The zero-order valence-corrected chi connectivity index (χ0v) is 17.5. The predicted octanol–water partition coefficient (Wildman–Crippen LogP) is 5.43. The Kier molecular flexibility index (Phi) is 5.94. The van der Waals surface area contributed by atoms with Crippen LogP contribution in [0.3, 0.4) is 0 Å². The van der Waals surface area contributed by atoms with Gasteiger partial charge in [-0.2, -0.15) is 5.10 Å². The topological polar surface area (TPSA) is 44.7 Å². The zero-order chi connectivity index (χ0) is 20.9. The summed E-state index contributed by atoms with van der Waals surface area (Å²) in [6.07, 6.45) is 0.838. The molecular formula is C26H27N3O. The van der Waals surface area contributed by atoms with Crippen molar-refractivity contribution in [2.24, 2.45) is 11.0 Å². The Labute approximate surface area is 178 Å². The first-order chi connectivity index (χ1) is 14.6. The number of anilines is 1. The van der Waals surface area contributed by atoms with Crippen LogP contribution in [0, 0.1) is 5.92 Å². The molecule has 0 bridgehead atoms. The highest BCUT2D eigenvalue weighted by Gasteiger charge is 2.29. The van der Waals surface area contributed by atoms with Gasteiger partial charge in [0.05, 0.1) is 17.4 Å². The van der Waals surface area contributed by atoms with Gasteiger partial charge in [-0.25, -0.2) is 0 Å². The normalized spacial score (nSPS) is 15.9. The highest BCUT2D eigenvalue weighted by Crippen LogP contribution is 2.36. The van der Waals surface area contributed by atoms with Crippen LogP contribution in [0.1, 0.15) is 47.8 Å². The van der Waals surface area contributed by atoms with E-state index in [9.17, 15) is 4.79 Å². The summed E-state index contributed by atoms with van der Waals surface area (Å²) in [5.41, 5.74) is 5.09. The highest BCUT2D eigenvalue weighted by atomic mass is 16.1. The summed E-state index contributed by atoms with van der Waals surface area (Å²) in [5.74, 6) is 0.389. The molecule has 1 heterocycles. The summed E-state index contributed by atoms with van der Waals surface area (Å²) >= 11 is 0. The average molecular weight is 398 g/mol. The minimum absolute atomic E-state index is 0.0373. The maximum Gasteiger partial charge on any atom is 0.251 e. The summed E-state index contributed by atoms with van der Waals surface area (Å²) < 4.78 is 0. The second kappa shape index (κ2) is 8.95. The summed E-state index contributed by atoms with van der Waals surface area (Å²) in [4.78, 5) is 12.4. The lowest BCUT2D eigenvalue weighted by Crippen LogP contribution is -2.27. The van der Waals surface area contributed by atoms with E-state index in [1.807, 2.05) is 48.5 Å². The second-order valence-electron chi connectivity index (χ2n) is 8.04. The number of benzene rings is 3. The Morgan fingerprint density at radius 3 is 2.23 bits per heavy atom. The number of nitrogens with zero attached hydrogens (tertiary/aromatic N) is 2. The maximum atomic E-state index is 12.4. The van der Waals surface area contributed by atoms with Crippen LogP contribution in [0.2, 0.25) is 0 Å². The first-order valence-corrected chi connectivity index (χ1v) is 10.5. The molecule has 1 N–H and O–H groups in total. The number of hydrogen-bond acceptors (Lipinski definition) is 3. The zero-order valence-electron chi connectivity index (χ0n) is 17.5. The molecular weight excluding hydrogens is 370 g/mol. The monoisotopic (exact) mass is 397 g/mol. The van der Waals surface area contributed by atoms with Gasteiger partial charge in [-0.1, -0.05) is 74.5 Å². The molecule has 4 heteroatoms. The standard InChI is InChI=1S/C26H27N3O/c1-19(2)18-27-26(30)22-13-15-23(16-14-22)29-25(21-11-7-4-8-12-21)17-24(28-29)20-9-5-3-6-10-20/h3-16,19,25H,17-18H2,1-2H3,(H,27,30). The van der Waals surface area contributed by atoms with Crippen LogP contribution in [0.5, 0.6) is 0 Å². The molecule has 0 aromatic heterocycles. The molecule has 0 radical (unpaired) electrons. The van der Waals surface area contributed by atoms with Crippen LogP contribution >= 0.6 is 0 Å². The summed E-state index contributed by atoms with van der Waals surface area (Å²) in [6.45, 7) is 4.85. The van der Waals surface area contributed by atoms with E-state index in [0.717, 1.165) is 23.4 Å². The molecule has 0 saturated heterocycles. The Morgan fingerprint density at radius 1 is 0.967 bits per heavy atom. The Bertz CT molecular complexity index is 1010. The number of nitrogens with one attached hydrogen (secondary N) is 1. The van der Waals surface area contributed by atoms with Gasteiger partial charge in [-0.3, -0.25) is 9.80 Å². The van der Waals surface area contributed by atoms with E-state index in [1.54, 1.807) is 0 Å². The van der Waals surface area contributed by atoms with Gasteiger partial charge in [0, 0.05) is 18.5 Å². The molecule has 1 aliphatic heterocycles. The van der Waals surface area contributed by atoms with Gasteiger partial charge in [0.15, 0.2) is 0 Å². The first-order valence-electron chi connectivity index (χ1n) is 10.5. The van der Waals surface area contributed by atoms with Crippen molar-refractivity contribution in [3.05, 3.63) is 102 Å². The lowest BCUT2D eigenvalue weighted by atomic mass is 9.98. The predicted molar refractivity (Wildman–Crippen MR) is 123 cm³/mol. The van der Waals surface area contributed by atoms with Crippen LogP contribution in [0.15, 0.2) is 90.0 Å². The van der Waals surface area contributed by atoms with Gasteiger partial charge in [-0.15, -0.1) is 0 Å². The quantitative estimate of drug-likeness (QED) is 0.603. The van der Waals surface area contributed by atoms with E-state index in [4.69, 9.17) is 5.10 Å². The van der Waals surface area contributed by atoms with Crippen molar-refractivity contribution in [3.63, 3.8) is 0 Å². The molecule has 1 aliphatic rings. The third kappa shape index (κ3) is 4.43. The van der Waals surface area contributed by atoms with Gasteiger partial charge >= 0.3 is 0 Å². The molecule has 0 aliphatic carbocycles. The van der Waals surface area contributed by atoms with E-state index in [0.29, 0.717) is 18.0 Å². The number of carbonyl (C=O) groups excluding carboxylic acids is 1. The molecule has 0 fully saturated rings. The molecule has 3 aromatic carbocycles. The van der Waals surface area contributed by atoms with Gasteiger partial charge in [0.2, 0.25) is 0 Å². The Hall–Kier alpha value is -3.40. The van der Waals surface area contributed by atoms with Crippen molar-refractivity contribution in [2.75, 3.05) is 11.6 Å². The highest BCUT2D eigenvalue weighted by molar-refractivity contribution is 6.03. The lowest BCUT2D eigenvalue weighted by molar-refractivity contribution is 0.0949. The summed E-state index contributed by atoms with van der Waals surface area (Å²) in [6, 6.07) is 28.6. The van der Waals surface area contributed by atoms with Gasteiger partial charge in [-0.05, 0) is 41.3 Å². The van der Waals surface area contributed by atoms with Gasteiger partial charge < -0.3 is 5.32 Å². The van der Waals surface area contributed by atoms with E-state index in [-0.39, 0.29) is 11.9 Å². The average Bonchev–Trinajstić information content (AvgIpc) is 3.24. The molecule has 3 aromatic rings. The second-order valence-corrected chi connectivity index (χ2v) is 8.04. The van der Waals surface area contributed by atoms with E-state index in [1.165, 1.54) is 5.56 Å². The van der Waals surface area contributed by atoms with Crippen molar-refractivity contribution in [1.29, 1.82) is 0 Å². The third-order valence-corrected chi connectivity index (χ3v) is 5.27. The molecule has 0 saturated carbocycles. The Morgan fingerprint density at radius 2 is 1.60 bits per heavy atom. The van der Waals surface area contributed by atoms with Crippen LogP contribution in [-0.4, -0.2) is 18.2 Å². The van der Waals surface area contributed by atoms with Gasteiger partial charge in [0.1, 0.15) is 0 Å². The van der Waals surface area contributed by atoms with Crippen LogP contribution in [0.4, 0.5) is 5.69 Å². The van der Waals surface area contributed by atoms with Crippen molar-refractivity contribution >= 4 is 17.3 Å². The largest absolute Gasteiger partial charge is 0.352 e. The molecule has 1 atom stereocenters. The van der Waals surface area contributed by atoms with E-state index < -0.39 is 0 Å². The number of carbonyl (C=O) groups is 1. The maximum absolute atomic E-state index is 12.4. The van der Waals surface area contributed by atoms with Crippen LogP contribution in [0.25, 0.3) is 0 Å². The molecule has 1 amide bonds. The summed E-state index contributed by atoms with van der Waals surface area (Å²) in [7, 11) is 0. The SMILES string of the molecule is CC(C)CNC(=O)c1ccc(N2N=C(c3ccccc3)CC2c2ccccc2)cc1. The van der Waals surface area contributed by atoms with Crippen LogP contribution < -0.4 is 10.3 Å².